The van der Waals surface area contributed by atoms with Gasteiger partial charge in [-0.15, -0.1) is 0 Å². The summed E-state index contributed by atoms with van der Waals surface area (Å²) in [6.07, 6.45) is 6.21. The molecule has 3 rings (SSSR count). The summed E-state index contributed by atoms with van der Waals surface area (Å²) in [5.74, 6) is 1.10. The maximum absolute atomic E-state index is 12.6. The molecule has 0 atom stereocenters. The number of hydrogen-bond acceptors (Lipinski definition) is 4. The van der Waals surface area contributed by atoms with Crippen LogP contribution in [0.5, 0.6) is 5.75 Å². The number of piperidine rings is 1. The van der Waals surface area contributed by atoms with Crippen LogP contribution < -0.4 is 4.74 Å². The number of rotatable bonds is 9. The Morgan fingerprint density at radius 3 is 2.47 bits per heavy atom. The highest BCUT2D eigenvalue weighted by Gasteiger charge is 2.25. The number of amides is 1. The molecule has 174 valence electrons. The third-order valence-corrected chi connectivity index (χ3v) is 6.43. The number of likely N-dealkylation sites (tertiary alicyclic amines) is 1. The summed E-state index contributed by atoms with van der Waals surface area (Å²) in [7, 11) is 1.96. The van der Waals surface area contributed by atoms with E-state index in [1.165, 1.54) is 5.56 Å². The highest BCUT2D eigenvalue weighted by Crippen LogP contribution is 2.24. The summed E-state index contributed by atoms with van der Waals surface area (Å²) in [4.78, 5) is 21.5. The third-order valence-electron chi connectivity index (χ3n) is 6.43. The minimum absolute atomic E-state index is 0.144. The van der Waals surface area contributed by atoms with Gasteiger partial charge in [-0.25, -0.2) is 0 Å². The SMILES string of the molecule is CN(C(=O)CCCOc1ccc(C(C)(C)C)cc1)C1CCN(CCc2ccccn2)CC1. The van der Waals surface area contributed by atoms with Crippen molar-refractivity contribution < 1.29 is 9.53 Å². The zero-order chi connectivity index (χ0) is 23.0. The number of nitrogens with zero attached hydrogens (tertiary/aromatic N) is 3. The topological polar surface area (TPSA) is 45.7 Å². The van der Waals surface area contributed by atoms with Gasteiger partial charge in [-0.2, -0.15) is 0 Å². The van der Waals surface area contributed by atoms with E-state index in [0.29, 0.717) is 19.1 Å². The van der Waals surface area contributed by atoms with E-state index in [2.05, 4.69) is 48.9 Å². The molecular formula is C27H39N3O2. The Kier molecular flexibility index (Phi) is 8.68. The maximum atomic E-state index is 12.6. The molecule has 0 spiro atoms. The molecule has 0 radical (unpaired) electrons. The van der Waals surface area contributed by atoms with Crippen molar-refractivity contribution in [3.8, 4) is 5.75 Å². The Balaban J connectivity index is 1.32. The number of benzene rings is 1. The van der Waals surface area contributed by atoms with E-state index in [1.807, 2.05) is 42.4 Å². The summed E-state index contributed by atoms with van der Waals surface area (Å²) in [5, 5.41) is 0. The van der Waals surface area contributed by atoms with Gasteiger partial charge in [-0.3, -0.25) is 9.78 Å². The fourth-order valence-electron chi connectivity index (χ4n) is 4.19. The van der Waals surface area contributed by atoms with Crippen LogP contribution in [0.2, 0.25) is 0 Å². The monoisotopic (exact) mass is 437 g/mol. The highest BCUT2D eigenvalue weighted by molar-refractivity contribution is 5.76. The number of carbonyl (C=O) groups excluding carboxylic acids is 1. The number of pyridine rings is 1. The molecule has 5 nitrogen and oxygen atoms in total. The predicted octanol–water partition coefficient (Wildman–Crippen LogP) is 4.70. The van der Waals surface area contributed by atoms with Crippen molar-refractivity contribution in [2.45, 2.75) is 64.3 Å². The van der Waals surface area contributed by atoms with Crippen LogP contribution >= 0.6 is 0 Å². The van der Waals surface area contributed by atoms with Crippen LogP contribution in [0.4, 0.5) is 0 Å². The van der Waals surface area contributed by atoms with E-state index in [1.54, 1.807) is 0 Å². The van der Waals surface area contributed by atoms with Gasteiger partial charge in [-0.05, 0) is 54.5 Å². The number of aromatic nitrogens is 1. The Hall–Kier alpha value is -2.40. The largest absolute Gasteiger partial charge is 0.494 e. The normalized spacial score (nSPS) is 15.5. The molecule has 32 heavy (non-hydrogen) atoms. The molecule has 1 aliphatic rings. The fourth-order valence-corrected chi connectivity index (χ4v) is 4.19. The molecule has 1 fully saturated rings. The quantitative estimate of drug-likeness (QED) is 0.533. The fraction of sp³-hybridized carbons (Fsp3) is 0.556. The number of carbonyl (C=O) groups is 1. The van der Waals surface area contributed by atoms with Crippen molar-refractivity contribution in [1.29, 1.82) is 0 Å². The molecule has 1 aromatic carbocycles. The van der Waals surface area contributed by atoms with Gasteiger partial charge < -0.3 is 14.5 Å². The van der Waals surface area contributed by atoms with Crippen molar-refractivity contribution in [2.75, 3.05) is 33.3 Å². The van der Waals surface area contributed by atoms with Gasteiger partial charge in [0, 0.05) is 57.5 Å². The van der Waals surface area contributed by atoms with Crippen LogP contribution in [-0.2, 0) is 16.6 Å². The Morgan fingerprint density at radius 2 is 1.84 bits per heavy atom. The first kappa shape index (κ1) is 24.2. The third kappa shape index (κ3) is 7.33. The van der Waals surface area contributed by atoms with Gasteiger partial charge in [0.05, 0.1) is 6.61 Å². The molecule has 2 heterocycles. The van der Waals surface area contributed by atoms with E-state index in [0.717, 1.165) is 56.8 Å². The van der Waals surface area contributed by atoms with Crippen molar-refractivity contribution >= 4 is 5.91 Å². The second-order valence-corrected chi connectivity index (χ2v) is 9.87. The summed E-state index contributed by atoms with van der Waals surface area (Å²) in [6.45, 7) is 10.3. The second kappa shape index (κ2) is 11.5. The highest BCUT2D eigenvalue weighted by atomic mass is 16.5. The molecule has 1 aliphatic heterocycles. The molecule has 0 N–H and O–H groups in total. The lowest BCUT2D eigenvalue weighted by atomic mass is 9.87. The van der Waals surface area contributed by atoms with Gasteiger partial charge in [0.15, 0.2) is 0 Å². The van der Waals surface area contributed by atoms with Crippen LogP contribution in [0.25, 0.3) is 0 Å². The molecule has 1 aromatic heterocycles. The van der Waals surface area contributed by atoms with Crippen molar-refractivity contribution in [3.05, 3.63) is 59.9 Å². The van der Waals surface area contributed by atoms with E-state index in [-0.39, 0.29) is 11.3 Å². The van der Waals surface area contributed by atoms with E-state index in [4.69, 9.17) is 4.74 Å². The van der Waals surface area contributed by atoms with Crippen LogP contribution in [0, 0.1) is 0 Å². The standard InChI is InChI=1S/C27H39N3O2/c1-27(2,3)22-10-12-25(13-11-22)32-21-7-9-26(31)29(4)24-15-19-30(20-16-24)18-14-23-8-5-6-17-28-23/h5-6,8,10-13,17,24H,7,9,14-16,18-21H2,1-4H3. The molecule has 0 bridgehead atoms. The van der Waals surface area contributed by atoms with Crippen LogP contribution in [0.1, 0.15) is 57.7 Å². The molecule has 2 aromatic rings. The van der Waals surface area contributed by atoms with Gasteiger partial charge >= 0.3 is 0 Å². The van der Waals surface area contributed by atoms with E-state index < -0.39 is 0 Å². The first-order valence-corrected chi connectivity index (χ1v) is 11.9. The lowest BCUT2D eigenvalue weighted by Crippen LogP contribution is -2.46. The van der Waals surface area contributed by atoms with Crippen LogP contribution in [0.15, 0.2) is 48.7 Å². The first-order valence-electron chi connectivity index (χ1n) is 11.9. The average Bonchev–Trinajstić information content (AvgIpc) is 2.80. The Labute approximate surface area is 193 Å². The summed E-state index contributed by atoms with van der Waals surface area (Å²) < 4.78 is 5.84. The second-order valence-electron chi connectivity index (χ2n) is 9.87. The predicted molar refractivity (Wildman–Crippen MR) is 130 cm³/mol. The minimum Gasteiger partial charge on any atom is -0.494 e. The van der Waals surface area contributed by atoms with Crippen molar-refractivity contribution in [1.82, 2.24) is 14.8 Å². The number of hydrogen-bond donors (Lipinski definition) is 0. The van der Waals surface area contributed by atoms with Gasteiger partial charge in [0.25, 0.3) is 0 Å². The van der Waals surface area contributed by atoms with Crippen molar-refractivity contribution in [3.63, 3.8) is 0 Å². The molecule has 0 saturated carbocycles. The van der Waals surface area contributed by atoms with Gasteiger partial charge in [0.1, 0.15) is 5.75 Å². The Bertz CT molecular complexity index is 822. The summed E-state index contributed by atoms with van der Waals surface area (Å²) in [6, 6.07) is 14.7. The van der Waals surface area contributed by atoms with Gasteiger partial charge in [-0.1, -0.05) is 39.0 Å². The molecule has 0 aliphatic carbocycles. The minimum atomic E-state index is 0.144. The van der Waals surface area contributed by atoms with Crippen LogP contribution in [-0.4, -0.2) is 60.0 Å². The Morgan fingerprint density at radius 1 is 1.12 bits per heavy atom. The molecule has 1 amide bonds. The maximum Gasteiger partial charge on any atom is 0.222 e. The molecule has 0 unspecified atom stereocenters. The lowest BCUT2D eigenvalue weighted by Gasteiger charge is -2.36. The summed E-state index contributed by atoms with van der Waals surface area (Å²) in [5.41, 5.74) is 2.59. The van der Waals surface area contributed by atoms with E-state index in [9.17, 15) is 4.79 Å². The zero-order valence-corrected chi connectivity index (χ0v) is 20.2. The van der Waals surface area contributed by atoms with Crippen molar-refractivity contribution in [2.24, 2.45) is 0 Å². The first-order chi connectivity index (χ1) is 15.3. The van der Waals surface area contributed by atoms with Gasteiger partial charge in [0.2, 0.25) is 5.91 Å². The summed E-state index contributed by atoms with van der Waals surface area (Å²) >= 11 is 0. The number of ether oxygens (including phenoxy) is 1. The molecule has 1 saturated heterocycles. The smallest absolute Gasteiger partial charge is 0.222 e. The zero-order valence-electron chi connectivity index (χ0n) is 20.2. The average molecular weight is 438 g/mol. The molecular weight excluding hydrogens is 398 g/mol. The molecule has 5 heteroatoms. The van der Waals surface area contributed by atoms with E-state index >= 15 is 0 Å². The lowest BCUT2D eigenvalue weighted by molar-refractivity contribution is -0.133. The van der Waals surface area contributed by atoms with Crippen LogP contribution in [0.3, 0.4) is 0 Å².